The fourth-order valence-corrected chi connectivity index (χ4v) is 2.53. The summed E-state index contributed by atoms with van der Waals surface area (Å²) in [5.41, 5.74) is 5.12. The maximum atomic E-state index is 10.9. The molecule has 1 heterocycles. The van der Waals surface area contributed by atoms with Crippen molar-refractivity contribution in [1.82, 2.24) is 4.90 Å². The number of rotatable bonds is 6. The Kier molecular flexibility index (Phi) is 5.38. The molecule has 1 fully saturated rings. The van der Waals surface area contributed by atoms with Gasteiger partial charge in [-0.05, 0) is 44.0 Å². The molecule has 0 saturated carbocycles. The van der Waals surface area contributed by atoms with Gasteiger partial charge in [-0.1, -0.05) is 18.2 Å². The molecule has 0 bridgehead atoms. The van der Waals surface area contributed by atoms with Crippen molar-refractivity contribution in [1.29, 1.82) is 0 Å². The summed E-state index contributed by atoms with van der Waals surface area (Å²) in [4.78, 5) is 13.2. The molecule has 0 aliphatic carbocycles. The molecule has 5 heteroatoms. The molecular formula is C15H22N2O3. The van der Waals surface area contributed by atoms with Crippen molar-refractivity contribution < 1.29 is 14.6 Å². The third-order valence-electron chi connectivity index (χ3n) is 3.79. The Bertz CT molecular complexity index is 416. The van der Waals surface area contributed by atoms with Crippen LogP contribution in [0.15, 0.2) is 30.3 Å². The molecular weight excluding hydrogens is 256 g/mol. The first-order valence-electron chi connectivity index (χ1n) is 7.04. The van der Waals surface area contributed by atoms with Gasteiger partial charge in [0, 0.05) is 6.54 Å². The number of likely N-dealkylation sites (tertiary alicyclic amines) is 1. The molecule has 3 N–H and O–H groups in total. The topological polar surface area (TPSA) is 75.8 Å². The molecule has 1 atom stereocenters. The maximum Gasteiger partial charge on any atom is 0.246 e. The SMILES string of the molecule is NC(=O)C(O)C1CCN(CCOc2ccccc2)CC1. The van der Waals surface area contributed by atoms with Gasteiger partial charge in [0.25, 0.3) is 0 Å². The molecule has 1 saturated heterocycles. The number of carbonyl (C=O) groups excluding carboxylic acids is 1. The second-order valence-electron chi connectivity index (χ2n) is 5.19. The minimum atomic E-state index is -1.00. The number of carbonyl (C=O) groups is 1. The van der Waals surface area contributed by atoms with Gasteiger partial charge in [-0.15, -0.1) is 0 Å². The van der Waals surface area contributed by atoms with Crippen LogP contribution in [0.3, 0.4) is 0 Å². The van der Waals surface area contributed by atoms with Gasteiger partial charge in [-0.25, -0.2) is 0 Å². The monoisotopic (exact) mass is 278 g/mol. The minimum Gasteiger partial charge on any atom is -0.492 e. The summed E-state index contributed by atoms with van der Waals surface area (Å²) in [7, 11) is 0. The van der Waals surface area contributed by atoms with Crippen LogP contribution >= 0.6 is 0 Å². The summed E-state index contributed by atoms with van der Waals surface area (Å²) in [6.07, 6.45) is 0.600. The molecule has 1 aromatic carbocycles. The average Bonchev–Trinajstić information content (AvgIpc) is 2.48. The lowest BCUT2D eigenvalue weighted by Gasteiger charge is -2.33. The van der Waals surface area contributed by atoms with Gasteiger partial charge in [0.1, 0.15) is 18.5 Å². The largest absolute Gasteiger partial charge is 0.492 e. The summed E-state index contributed by atoms with van der Waals surface area (Å²) in [5, 5.41) is 9.64. The number of para-hydroxylation sites is 1. The van der Waals surface area contributed by atoms with Gasteiger partial charge in [-0.3, -0.25) is 9.69 Å². The molecule has 0 aromatic heterocycles. The highest BCUT2D eigenvalue weighted by atomic mass is 16.5. The van der Waals surface area contributed by atoms with E-state index in [0.717, 1.165) is 38.2 Å². The van der Waals surface area contributed by atoms with Crippen LogP contribution < -0.4 is 10.5 Å². The number of benzene rings is 1. The van der Waals surface area contributed by atoms with Crippen molar-refractivity contribution in [2.45, 2.75) is 18.9 Å². The molecule has 1 aliphatic rings. The highest BCUT2D eigenvalue weighted by Gasteiger charge is 2.28. The Morgan fingerprint density at radius 1 is 1.35 bits per heavy atom. The van der Waals surface area contributed by atoms with Gasteiger partial charge < -0.3 is 15.6 Å². The zero-order valence-electron chi connectivity index (χ0n) is 11.6. The van der Waals surface area contributed by atoms with Crippen LogP contribution in [-0.4, -0.2) is 48.3 Å². The van der Waals surface area contributed by atoms with E-state index in [-0.39, 0.29) is 5.92 Å². The number of ether oxygens (including phenoxy) is 1. The number of nitrogens with zero attached hydrogens (tertiary/aromatic N) is 1. The van der Waals surface area contributed by atoms with Crippen LogP contribution in [0.4, 0.5) is 0 Å². The fourth-order valence-electron chi connectivity index (χ4n) is 2.53. The van der Waals surface area contributed by atoms with Crippen molar-refractivity contribution >= 4 is 5.91 Å². The lowest BCUT2D eigenvalue weighted by Crippen LogP contribution is -2.43. The first-order valence-corrected chi connectivity index (χ1v) is 7.04. The molecule has 1 aliphatic heterocycles. The molecule has 5 nitrogen and oxygen atoms in total. The Balaban J connectivity index is 1.66. The van der Waals surface area contributed by atoms with E-state index in [2.05, 4.69) is 4.90 Å². The van der Waals surface area contributed by atoms with Gasteiger partial charge in [0.2, 0.25) is 5.91 Å². The number of hydrogen-bond acceptors (Lipinski definition) is 4. The van der Waals surface area contributed by atoms with Gasteiger partial charge in [0.05, 0.1) is 0 Å². The quantitative estimate of drug-likeness (QED) is 0.800. The number of piperidine rings is 1. The fraction of sp³-hybridized carbons (Fsp3) is 0.533. The Labute approximate surface area is 119 Å². The van der Waals surface area contributed by atoms with Crippen molar-refractivity contribution in [3.05, 3.63) is 30.3 Å². The normalized spacial score (nSPS) is 18.6. The van der Waals surface area contributed by atoms with Crippen molar-refractivity contribution in [3.8, 4) is 5.75 Å². The van der Waals surface area contributed by atoms with E-state index < -0.39 is 12.0 Å². The van der Waals surface area contributed by atoms with Crippen LogP contribution in [0.25, 0.3) is 0 Å². The summed E-state index contributed by atoms with van der Waals surface area (Å²) >= 11 is 0. The van der Waals surface area contributed by atoms with Crippen molar-refractivity contribution in [2.24, 2.45) is 11.7 Å². The Morgan fingerprint density at radius 3 is 2.60 bits per heavy atom. The van der Waals surface area contributed by atoms with Crippen LogP contribution in [0.5, 0.6) is 5.75 Å². The van der Waals surface area contributed by atoms with Gasteiger partial charge in [0.15, 0.2) is 0 Å². The summed E-state index contributed by atoms with van der Waals surface area (Å²) in [6.45, 7) is 3.24. The summed E-state index contributed by atoms with van der Waals surface area (Å²) in [6, 6.07) is 9.74. The molecule has 110 valence electrons. The lowest BCUT2D eigenvalue weighted by molar-refractivity contribution is -0.129. The molecule has 20 heavy (non-hydrogen) atoms. The van der Waals surface area contributed by atoms with E-state index in [1.54, 1.807) is 0 Å². The third kappa shape index (κ3) is 4.21. The van der Waals surface area contributed by atoms with Gasteiger partial charge in [-0.2, -0.15) is 0 Å². The van der Waals surface area contributed by atoms with Crippen LogP contribution in [-0.2, 0) is 4.79 Å². The van der Waals surface area contributed by atoms with Crippen LogP contribution in [0, 0.1) is 5.92 Å². The smallest absolute Gasteiger partial charge is 0.246 e. The standard InChI is InChI=1S/C15H22N2O3/c16-15(19)14(18)12-6-8-17(9-7-12)10-11-20-13-4-2-1-3-5-13/h1-5,12,14,18H,6-11H2,(H2,16,19). The third-order valence-corrected chi connectivity index (χ3v) is 3.79. The van der Waals surface area contributed by atoms with E-state index >= 15 is 0 Å². The van der Waals surface area contributed by atoms with E-state index in [9.17, 15) is 9.90 Å². The van der Waals surface area contributed by atoms with E-state index in [1.807, 2.05) is 30.3 Å². The van der Waals surface area contributed by atoms with Crippen molar-refractivity contribution in [2.75, 3.05) is 26.2 Å². The number of aliphatic hydroxyl groups is 1. The molecule has 1 aromatic rings. The highest BCUT2D eigenvalue weighted by molar-refractivity contribution is 5.78. The number of primary amides is 1. The predicted molar refractivity (Wildman–Crippen MR) is 76.3 cm³/mol. The Morgan fingerprint density at radius 2 is 2.00 bits per heavy atom. The second-order valence-corrected chi connectivity index (χ2v) is 5.19. The molecule has 1 amide bonds. The zero-order chi connectivity index (χ0) is 14.4. The number of amides is 1. The molecule has 2 rings (SSSR count). The van der Waals surface area contributed by atoms with E-state index in [1.165, 1.54) is 0 Å². The van der Waals surface area contributed by atoms with Crippen molar-refractivity contribution in [3.63, 3.8) is 0 Å². The summed E-state index contributed by atoms with van der Waals surface area (Å²) in [5.74, 6) is 0.265. The van der Waals surface area contributed by atoms with E-state index in [0.29, 0.717) is 6.61 Å². The number of aliphatic hydroxyl groups excluding tert-OH is 1. The predicted octanol–water partition coefficient (Wildman–Crippen LogP) is 0.624. The summed E-state index contributed by atoms with van der Waals surface area (Å²) < 4.78 is 5.66. The number of nitrogens with two attached hydrogens (primary N) is 1. The minimum absolute atomic E-state index is 0.00112. The zero-order valence-corrected chi connectivity index (χ0v) is 11.6. The van der Waals surface area contributed by atoms with Crippen LogP contribution in [0.1, 0.15) is 12.8 Å². The molecule has 1 unspecified atom stereocenters. The maximum absolute atomic E-state index is 10.9. The molecule has 0 radical (unpaired) electrons. The van der Waals surface area contributed by atoms with Gasteiger partial charge >= 0.3 is 0 Å². The lowest BCUT2D eigenvalue weighted by atomic mass is 9.91. The Hall–Kier alpha value is -1.59. The average molecular weight is 278 g/mol. The second kappa shape index (κ2) is 7.26. The highest BCUT2D eigenvalue weighted by Crippen LogP contribution is 2.20. The first kappa shape index (κ1) is 14.8. The first-order chi connectivity index (χ1) is 9.66. The molecule has 0 spiro atoms. The number of hydrogen-bond donors (Lipinski definition) is 2. The van der Waals surface area contributed by atoms with Crippen LogP contribution in [0.2, 0.25) is 0 Å². The van der Waals surface area contributed by atoms with E-state index in [4.69, 9.17) is 10.5 Å².